The summed E-state index contributed by atoms with van der Waals surface area (Å²) in [7, 11) is 0. The van der Waals surface area contributed by atoms with Crippen LogP contribution in [0.2, 0.25) is 5.02 Å². The maximum Gasteiger partial charge on any atom is 0.150 e. The van der Waals surface area contributed by atoms with Crippen molar-refractivity contribution >= 4 is 38.4 Å². The zero-order valence-corrected chi connectivity index (χ0v) is 11.2. The maximum absolute atomic E-state index is 13.7. The summed E-state index contributed by atoms with van der Waals surface area (Å²) in [4.78, 5) is 4.30. The van der Waals surface area contributed by atoms with Gasteiger partial charge in [-0.3, -0.25) is 0 Å². The van der Waals surface area contributed by atoms with Gasteiger partial charge in [0.1, 0.15) is 5.52 Å². The Morgan fingerprint density at radius 3 is 2.62 bits per heavy atom. The smallest absolute Gasteiger partial charge is 0.150 e. The molecule has 2 aromatic rings. The van der Waals surface area contributed by atoms with E-state index < -0.39 is 0 Å². The molecule has 0 aliphatic rings. The van der Waals surface area contributed by atoms with E-state index in [1.54, 1.807) is 12.1 Å². The second-order valence-electron chi connectivity index (χ2n) is 3.97. The van der Waals surface area contributed by atoms with E-state index in [1.807, 2.05) is 13.8 Å². The van der Waals surface area contributed by atoms with Gasteiger partial charge in [0.2, 0.25) is 0 Å². The Labute approximate surface area is 107 Å². The van der Waals surface area contributed by atoms with Gasteiger partial charge >= 0.3 is 0 Å². The molecule has 0 amide bonds. The number of hydrogen-bond acceptors (Lipinski definition) is 1. The summed E-state index contributed by atoms with van der Waals surface area (Å²) < 4.78 is 14.4. The first-order chi connectivity index (χ1) is 7.49. The van der Waals surface area contributed by atoms with E-state index in [2.05, 4.69) is 20.9 Å². The van der Waals surface area contributed by atoms with Crippen LogP contribution in [0, 0.1) is 5.82 Å². The largest absolute Gasteiger partial charge is 0.249 e. The number of fused-ring (bicyclic) bond motifs is 1. The van der Waals surface area contributed by atoms with E-state index in [9.17, 15) is 4.39 Å². The van der Waals surface area contributed by atoms with Gasteiger partial charge in [0.15, 0.2) is 5.82 Å². The van der Waals surface area contributed by atoms with E-state index in [0.29, 0.717) is 20.4 Å². The molecule has 0 aliphatic heterocycles. The molecule has 0 aliphatic carbocycles. The molecule has 84 valence electrons. The minimum Gasteiger partial charge on any atom is -0.249 e. The second kappa shape index (κ2) is 4.30. The molecule has 0 radical (unpaired) electrons. The number of aromatic nitrogens is 1. The van der Waals surface area contributed by atoms with Crippen LogP contribution >= 0.6 is 27.5 Å². The summed E-state index contributed by atoms with van der Waals surface area (Å²) in [6.07, 6.45) is 0. The van der Waals surface area contributed by atoms with Crippen molar-refractivity contribution in [2.45, 2.75) is 19.8 Å². The van der Waals surface area contributed by atoms with Crippen molar-refractivity contribution in [3.63, 3.8) is 0 Å². The Balaban J connectivity index is 2.82. The van der Waals surface area contributed by atoms with Crippen LogP contribution in [0.15, 0.2) is 22.7 Å². The van der Waals surface area contributed by atoms with E-state index in [4.69, 9.17) is 11.6 Å². The third-order valence-corrected chi connectivity index (χ3v) is 3.16. The summed E-state index contributed by atoms with van der Waals surface area (Å²) in [6, 6.07) is 4.97. The van der Waals surface area contributed by atoms with Gasteiger partial charge < -0.3 is 0 Å². The molecule has 1 nitrogen and oxygen atoms in total. The average Bonchev–Trinajstić information content (AvgIpc) is 2.19. The summed E-state index contributed by atoms with van der Waals surface area (Å²) in [5, 5.41) is 1.17. The van der Waals surface area contributed by atoms with E-state index in [0.717, 1.165) is 5.69 Å². The fourth-order valence-electron chi connectivity index (χ4n) is 1.53. The molecule has 0 atom stereocenters. The van der Waals surface area contributed by atoms with Crippen LogP contribution in [0.25, 0.3) is 10.9 Å². The van der Waals surface area contributed by atoms with Gasteiger partial charge in [-0.25, -0.2) is 9.37 Å². The SMILES string of the molecule is CC(C)c1cc(Cl)c2cc(Br)cc(F)c2n1. The Morgan fingerprint density at radius 2 is 2.00 bits per heavy atom. The maximum atomic E-state index is 13.7. The van der Waals surface area contributed by atoms with Crippen LogP contribution in [0.5, 0.6) is 0 Å². The van der Waals surface area contributed by atoms with E-state index in [1.165, 1.54) is 6.07 Å². The first-order valence-corrected chi connectivity index (χ1v) is 6.11. The molecule has 16 heavy (non-hydrogen) atoms. The number of pyridine rings is 1. The van der Waals surface area contributed by atoms with Crippen molar-refractivity contribution in [1.82, 2.24) is 4.98 Å². The molecule has 0 spiro atoms. The van der Waals surface area contributed by atoms with Crippen LogP contribution in [0.1, 0.15) is 25.5 Å². The van der Waals surface area contributed by atoms with Crippen LogP contribution in [-0.4, -0.2) is 4.98 Å². The van der Waals surface area contributed by atoms with Crippen LogP contribution in [-0.2, 0) is 0 Å². The minimum atomic E-state index is -0.353. The minimum absolute atomic E-state index is 0.227. The molecular formula is C12H10BrClFN. The Bertz CT molecular complexity index is 554. The molecule has 0 fully saturated rings. The van der Waals surface area contributed by atoms with Crippen LogP contribution < -0.4 is 0 Å². The number of halogens is 3. The fourth-order valence-corrected chi connectivity index (χ4v) is 2.21. The predicted octanol–water partition coefficient (Wildman–Crippen LogP) is 4.91. The highest BCUT2D eigenvalue weighted by atomic mass is 79.9. The van der Waals surface area contributed by atoms with Gasteiger partial charge in [-0.05, 0) is 24.1 Å². The first-order valence-electron chi connectivity index (χ1n) is 4.94. The molecule has 0 bridgehead atoms. The monoisotopic (exact) mass is 301 g/mol. The molecule has 4 heteroatoms. The third kappa shape index (κ3) is 2.06. The van der Waals surface area contributed by atoms with Gasteiger partial charge in [0, 0.05) is 15.6 Å². The molecule has 0 saturated carbocycles. The highest BCUT2D eigenvalue weighted by molar-refractivity contribution is 9.10. The topological polar surface area (TPSA) is 12.9 Å². The van der Waals surface area contributed by atoms with Crippen molar-refractivity contribution in [1.29, 1.82) is 0 Å². The Morgan fingerprint density at radius 1 is 1.31 bits per heavy atom. The second-order valence-corrected chi connectivity index (χ2v) is 5.29. The highest BCUT2D eigenvalue weighted by Gasteiger charge is 2.11. The highest BCUT2D eigenvalue weighted by Crippen LogP contribution is 2.30. The molecule has 1 aromatic carbocycles. The fraction of sp³-hybridized carbons (Fsp3) is 0.250. The predicted molar refractivity (Wildman–Crippen MR) is 68.5 cm³/mol. The lowest BCUT2D eigenvalue weighted by Crippen LogP contribution is -1.95. The van der Waals surface area contributed by atoms with Crippen molar-refractivity contribution < 1.29 is 4.39 Å². The standard InChI is InChI=1S/C12H10BrClFN/c1-6(2)11-5-9(14)8-3-7(13)4-10(15)12(8)16-11/h3-6H,1-2H3. The van der Waals surface area contributed by atoms with Gasteiger partial charge in [0.25, 0.3) is 0 Å². The summed E-state index contributed by atoms with van der Waals surface area (Å²) in [6.45, 7) is 4.00. The molecule has 0 saturated heterocycles. The Hall–Kier alpha value is -0.670. The van der Waals surface area contributed by atoms with Gasteiger partial charge in [-0.15, -0.1) is 0 Å². The van der Waals surface area contributed by atoms with Gasteiger partial charge in [-0.2, -0.15) is 0 Å². The Kier molecular flexibility index (Phi) is 3.17. The lowest BCUT2D eigenvalue weighted by molar-refractivity contribution is 0.635. The van der Waals surface area contributed by atoms with E-state index >= 15 is 0 Å². The van der Waals surface area contributed by atoms with Crippen molar-refractivity contribution in [2.24, 2.45) is 0 Å². The van der Waals surface area contributed by atoms with Crippen molar-refractivity contribution in [3.8, 4) is 0 Å². The lowest BCUT2D eigenvalue weighted by Gasteiger charge is -2.08. The molecule has 1 aromatic heterocycles. The average molecular weight is 303 g/mol. The molecular weight excluding hydrogens is 292 g/mol. The number of benzene rings is 1. The molecule has 2 rings (SSSR count). The van der Waals surface area contributed by atoms with Crippen molar-refractivity contribution in [2.75, 3.05) is 0 Å². The summed E-state index contributed by atoms with van der Waals surface area (Å²) in [5.74, 6) is -0.126. The number of rotatable bonds is 1. The number of nitrogens with zero attached hydrogens (tertiary/aromatic N) is 1. The third-order valence-electron chi connectivity index (χ3n) is 2.39. The van der Waals surface area contributed by atoms with Crippen LogP contribution in [0.3, 0.4) is 0 Å². The van der Waals surface area contributed by atoms with Gasteiger partial charge in [0.05, 0.1) is 5.02 Å². The quantitative estimate of drug-likeness (QED) is 0.729. The van der Waals surface area contributed by atoms with E-state index in [-0.39, 0.29) is 11.7 Å². The van der Waals surface area contributed by atoms with Gasteiger partial charge in [-0.1, -0.05) is 41.4 Å². The van der Waals surface area contributed by atoms with Crippen LogP contribution in [0.4, 0.5) is 4.39 Å². The van der Waals surface area contributed by atoms with Crippen molar-refractivity contribution in [3.05, 3.63) is 39.2 Å². The molecule has 0 N–H and O–H groups in total. The summed E-state index contributed by atoms with van der Waals surface area (Å²) >= 11 is 9.36. The first kappa shape index (κ1) is 11.8. The molecule has 0 unspecified atom stereocenters. The lowest BCUT2D eigenvalue weighted by atomic mass is 10.1. The zero-order chi connectivity index (χ0) is 11.9. The summed E-state index contributed by atoms with van der Waals surface area (Å²) in [5.41, 5.74) is 1.14. The zero-order valence-electron chi connectivity index (χ0n) is 8.89. The normalized spacial score (nSPS) is 11.4. The molecule has 1 heterocycles. The number of hydrogen-bond donors (Lipinski definition) is 0.